The average molecular weight is 563 g/mol. The SMILES string of the molecule is COc1ccc(Cn2c(NCCN=C(N)NC(=O)c3ccc([18F])cc3)nc(=O)n(Cc3ccc(F)cc3)c2=O)cc1. The second kappa shape index (κ2) is 13.2. The van der Waals surface area contributed by atoms with Crippen molar-refractivity contribution in [1.82, 2.24) is 19.4 Å². The van der Waals surface area contributed by atoms with E-state index in [-0.39, 0.29) is 43.7 Å². The summed E-state index contributed by atoms with van der Waals surface area (Å²) in [5.41, 5.74) is 5.88. The molecule has 4 rings (SSSR count). The number of benzene rings is 3. The van der Waals surface area contributed by atoms with Gasteiger partial charge >= 0.3 is 11.4 Å². The van der Waals surface area contributed by atoms with Crippen LogP contribution < -0.4 is 32.5 Å². The molecule has 0 unspecified atom stereocenters. The monoisotopic (exact) mass is 562 g/mol. The van der Waals surface area contributed by atoms with Crippen LogP contribution in [-0.4, -0.2) is 46.2 Å². The van der Waals surface area contributed by atoms with Crippen molar-refractivity contribution in [3.63, 3.8) is 0 Å². The number of carbonyl (C=O) groups is 1. The highest BCUT2D eigenvalue weighted by Gasteiger charge is 2.14. The van der Waals surface area contributed by atoms with E-state index in [9.17, 15) is 23.2 Å². The van der Waals surface area contributed by atoms with Crippen molar-refractivity contribution in [3.8, 4) is 5.75 Å². The molecule has 0 aliphatic rings. The summed E-state index contributed by atoms with van der Waals surface area (Å²) in [6, 6.07) is 17.4. The van der Waals surface area contributed by atoms with Gasteiger partial charge in [0.15, 0.2) is 5.96 Å². The molecule has 13 heteroatoms. The summed E-state index contributed by atoms with van der Waals surface area (Å²) in [4.78, 5) is 46.6. The highest BCUT2D eigenvalue weighted by molar-refractivity contribution is 6.05. The Morgan fingerprint density at radius 3 is 2.07 bits per heavy atom. The first-order chi connectivity index (χ1) is 19.7. The van der Waals surface area contributed by atoms with Crippen LogP contribution in [-0.2, 0) is 13.1 Å². The fourth-order valence-electron chi connectivity index (χ4n) is 3.80. The zero-order chi connectivity index (χ0) is 29.4. The molecule has 0 saturated heterocycles. The molecular weight excluding hydrogens is 535 g/mol. The Balaban J connectivity index is 1.52. The highest BCUT2D eigenvalue weighted by Crippen LogP contribution is 2.13. The zero-order valence-electron chi connectivity index (χ0n) is 22.0. The number of carbonyl (C=O) groups excluding carboxylic acids is 1. The molecule has 0 aliphatic carbocycles. The van der Waals surface area contributed by atoms with Crippen molar-refractivity contribution >= 4 is 17.8 Å². The van der Waals surface area contributed by atoms with Crippen LogP contribution in [0.2, 0.25) is 0 Å². The predicted molar refractivity (Wildman–Crippen MR) is 149 cm³/mol. The Labute approximate surface area is 233 Å². The minimum Gasteiger partial charge on any atom is -0.497 e. The first-order valence-electron chi connectivity index (χ1n) is 12.4. The number of hydrogen-bond acceptors (Lipinski definition) is 7. The molecule has 0 spiro atoms. The van der Waals surface area contributed by atoms with Crippen molar-refractivity contribution in [1.29, 1.82) is 0 Å². The number of rotatable bonds is 10. The van der Waals surface area contributed by atoms with E-state index in [2.05, 4.69) is 20.6 Å². The number of anilines is 1. The molecule has 0 radical (unpaired) electrons. The number of amides is 1. The minimum absolute atomic E-state index is 0.00953. The van der Waals surface area contributed by atoms with Crippen molar-refractivity contribution in [2.45, 2.75) is 13.1 Å². The smallest absolute Gasteiger partial charge is 0.355 e. The normalized spacial score (nSPS) is 11.2. The summed E-state index contributed by atoms with van der Waals surface area (Å²) in [5, 5.41) is 5.33. The number of aromatic nitrogens is 3. The third kappa shape index (κ3) is 7.62. The number of nitrogens with two attached hydrogens (primary N) is 1. The lowest BCUT2D eigenvalue weighted by Gasteiger charge is -2.15. The van der Waals surface area contributed by atoms with Crippen LogP contribution in [0.3, 0.4) is 0 Å². The molecule has 1 aromatic heterocycles. The van der Waals surface area contributed by atoms with Gasteiger partial charge < -0.3 is 15.8 Å². The largest absolute Gasteiger partial charge is 0.497 e. The highest BCUT2D eigenvalue weighted by atomic mass is 19.1. The van der Waals surface area contributed by atoms with Crippen LogP contribution in [0.1, 0.15) is 21.5 Å². The number of hydrogen-bond donors (Lipinski definition) is 3. The lowest BCUT2D eigenvalue weighted by Crippen LogP contribution is -2.43. The van der Waals surface area contributed by atoms with Gasteiger partial charge in [0.25, 0.3) is 5.91 Å². The van der Waals surface area contributed by atoms with Crippen molar-refractivity contribution in [2.24, 2.45) is 10.7 Å². The Bertz CT molecular complexity index is 1650. The molecular formula is C28H27F2N7O4. The molecule has 1 heterocycles. The second-order valence-corrected chi connectivity index (χ2v) is 8.80. The summed E-state index contributed by atoms with van der Waals surface area (Å²) >= 11 is 0. The minimum atomic E-state index is -0.789. The molecule has 0 fully saturated rings. The van der Waals surface area contributed by atoms with E-state index in [1.54, 1.807) is 31.4 Å². The molecule has 0 aliphatic heterocycles. The number of ether oxygens (including phenoxy) is 1. The summed E-state index contributed by atoms with van der Waals surface area (Å²) in [5.74, 6) is -0.986. The van der Waals surface area contributed by atoms with Crippen LogP contribution in [0.15, 0.2) is 87.4 Å². The number of methoxy groups -OCH3 is 1. The molecule has 0 saturated carbocycles. The third-order valence-corrected chi connectivity index (χ3v) is 5.93. The maximum atomic E-state index is 13.5. The summed E-state index contributed by atoms with van der Waals surface area (Å²) in [6.07, 6.45) is 0. The van der Waals surface area contributed by atoms with Crippen LogP contribution in [0.5, 0.6) is 5.75 Å². The number of aliphatic imine (C=N–C) groups is 1. The maximum Gasteiger partial charge on any atom is 0.355 e. The molecule has 0 atom stereocenters. The van der Waals surface area contributed by atoms with Crippen molar-refractivity contribution < 1.29 is 18.3 Å². The summed E-state index contributed by atoms with van der Waals surface area (Å²) < 4.78 is 33.9. The molecule has 3 aromatic carbocycles. The average Bonchev–Trinajstić information content (AvgIpc) is 2.96. The van der Waals surface area contributed by atoms with Crippen LogP contribution in [0.4, 0.5) is 14.7 Å². The summed E-state index contributed by atoms with van der Waals surface area (Å²) in [7, 11) is 1.54. The third-order valence-electron chi connectivity index (χ3n) is 5.93. The topological polar surface area (TPSA) is 146 Å². The number of nitrogens with one attached hydrogen (secondary N) is 2. The van der Waals surface area contributed by atoms with Gasteiger partial charge in [-0.15, -0.1) is 0 Å². The van der Waals surface area contributed by atoms with Crippen LogP contribution in [0.25, 0.3) is 0 Å². The fraction of sp³-hybridized carbons (Fsp3) is 0.179. The van der Waals surface area contributed by atoms with E-state index in [4.69, 9.17) is 10.5 Å². The maximum absolute atomic E-state index is 13.5. The van der Waals surface area contributed by atoms with Gasteiger partial charge in [0.2, 0.25) is 5.95 Å². The van der Waals surface area contributed by atoms with Crippen LogP contribution in [0, 0.1) is 11.6 Å². The van der Waals surface area contributed by atoms with E-state index >= 15 is 0 Å². The Kier molecular flexibility index (Phi) is 9.20. The lowest BCUT2D eigenvalue weighted by atomic mass is 10.2. The molecule has 4 N–H and O–H groups in total. The Morgan fingerprint density at radius 2 is 1.46 bits per heavy atom. The number of nitrogens with zero attached hydrogens (tertiary/aromatic N) is 4. The molecule has 4 aromatic rings. The van der Waals surface area contributed by atoms with Gasteiger partial charge in [-0.3, -0.25) is 19.7 Å². The Morgan fingerprint density at radius 1 is 0.902 bits per heavy atom. The Hall–Kier alpha value is -5.33. The quantitative estimate of drug-likeness (QED) is 0.152. The molecule has 11 nitrogen and oxygen atoms in total. The zero-order valence-corrected chi connectivity index (χ0v) is 22.0. The summed E-state index contributed by atoms with van der Waals surface area (Å²) in [6.45, 7) is 0.166. The van der Waals surface area contributed by atoms with E-state index in [1.165, 1.54) is 41.0 Å². The van der Waals surface area contributed by atoms with Crippen molar-refractivity contribution in [3.05, 3.63) is 122 Å². The number of halogens is 2. The van der Waals surface area contributed by atoms with Gasteiger partial charge in [-0.2, -0.15) is 4.98 Å². The first kappa shape index (κ1) is 28.7. The predicted octanol–water partition coefficient (Wildman–Crippen LogP) is 1.94. The fourth-order valence-corrected chi connectivity index (χ4v) is 3.80. The van der Waals surface area contributed by atoms with E-state index in [1.807, 2.05) is 0 Å². The molecule has 41 heavy (non-hydrogen) atoms. The molecule has 1 amide bonds. The first-order valence-corrected chi connectivity index (χ1v) is 12.4. The van der Waals surface area contributed by atoms with E-state index in [0.717, 1.165) is 22.3 Å². The second-order valence-electron chi connectivity index (χ2n) is 8.80. The van der Waals surface area contributed by atoms with Gasteiger partial charge in [0, 0.05) is 12.1 Å². The molecule has 0 bridgehead atoms. The van der Waals surface area contributed by atoms with E-state index < -0.39 is 28.9 Å². The lowest BCUT2D eigenvalue weighted by molar-refractivity contribution is 0.0976. The van der Waals surface area contributed by atoms with Gasteiger partial charge in [0.05, 0.1) is 26.7 Å². The van der Waals surface area contributed by atoms with Gasteiger partial charge in [-0.1, -0.05) is 24.3 Å². The van der Waals surface area contributed by atoms with Crippen molar-refractivity contribution in [2.75, 3.05) is 25.5 Å². The van der Waals surface area contributed by atoms with Gasteiger partial charge in [-0.05, 0) is 59.7 Å². The standard InChI is InChI=1S/C28H27F2N7O4/c1-41-23-12-4-19(5-13-23)16-36-26(35-27(39)37(28(36)40)17-18-2-8-21(29)9-3-18)33-15-14-32-25(31)34-24(38)20-6-10-22(30)11-7-20/h2-13H,14-17H2,1H3,(H,33,35,39)(H3,31,32,34,38)/i30-1. The van der Waals surface area contributed by atoms with E-state index in [0.29, 0.717) is 11.3 Å². The number of guanidine groups is 1. The van der Waals surface area contributed by atoms with Gasteiger partial charge in [0.1, 0.15) is 17.4 Å². The molecule has 212 valence electrons. The van der Waals surface area contributed by atoms with Gasteiger partial charge in [-0.25, -0.2) is 22.9 Å². The van der Waals surface area contributed by atoms with Crippen LogP contribution >= 0.6 is 0 Å².